The molecule has 3 amide bonds. The van der Waals surface area contributed by atoms with Crippen LogP contribution in [0.15, 0.2) is 48.5 Å². The lowest BCUT2D eigenvalue weighted by atomic mass is 9.99. The molecule has 1 aromatic heterocycles. The predicted molar refractivity (Wildman–Crippen MR) is 123 cm³/mol. The second-order valence-electron chi connectivity index (χ2n) is 7.78. The van der Waals surface area contributed by atoms with Crippen LogP contribution < -0.4 is 10.6 Å². The van der Waals surface area contributed by atoms with Crippen molar-refractivity contribution in [2.45, 2.75) is 32.6 Å². The Hall–Kier alpha value is -3.26. The van der Waals surface area contributed by atoms with Crippen LogP contribution in [0.3, 0.4) is 0 Å². The van der Waals surface area contributed by atoms with Gasteiger partial charge in [0.1, 0.15) is 5.01 Å². The van der Waals surface area contributed by atoms with E-state index in [9.17, 15) is 9.59 Å². The molecule has 3 aromatic rings. The van der Waals surface area contributed by atoms with E-state index >= 15 is 0 Å². The van der Waals surface area contributed by atoms with Crippen molar-refractivity contribution in [3.05, 3.63) is 69.7 Å². The van der Waals surface area contributed by atoms with Crippen LogP contribution in [-0.4, -0.2) is 40.1 Å². The van der Waals surface area contributed by atoms with Crippen LogP contribution in [0.5, 0.6) is 0 Å². The van der Waals surface area contributed by atoms with E-state index in [2.05, 4.69) is 20.8 Å². The van der Waals surface area contributed by atoms with E-state index in [4.69, 9.17) is 0 Å². The third-order valence-electron chi connectivity index (χ3n) is 5.48. The molecule has 1 atom stereocenters. The highest BCUT2D eigenvalue weighted by Crippen LogP contribution is 2.30. The Morgan fingerprint density at radius 2 is 1.81 bits per heavy atom. The Labute approximate surface area is 185 Å². The number of urea groups is 1. The Balaban J connectivity index is 1.38. The van der Waals surface area contributed by atoms with E-state index in [-0.39, 0.29) is 17.9 Å². The second kappa shape index (κ2) is 9.26. The first kappa shape index (κ1) is 21.0. The summed E-state index contributed by atoms with van der Waals surface area (Å²) in [5, 5.41) is 15.3. The monoisotopic (exact) mass is 435 g/mol. The SMILES string of the molecule is Cc1ccc(NC(=O)N2CCC[C@H](c3nnc(C(=O)Nc4ccccc4)s3)C2)cc1C. The van der Waals surface area contributed by atoms with Crippen molar-refractivity contribution < 1.29 is 9.59 Å². The Morgan fingerprint density at radius 3 is 2.58 bits per heavy atom. The van der Waals surface area contributed by atoms with E-state index in [1.807, 2.05) is 67.3 Å². The Kier molecular flexibility index (Phi) is 6.27. The van der Waals surface area contributed by atoms with Crippen LogP contribution >= 0.6 is 11.3 Å². The predicted octanol–water partition coefficient (Wildman–Crippen LogP) is 4.82. The number of likely N-dealkylation sites (tertiary alicyclic amines) is 1. The van der Waals surface area contributed by atoms with Crippen molar-refractivity contribution in [3.63, 3.8) is 0 Å². The summed E-state index contributed by atoms with van der Waals surface area (Å²) in [4.78, 5) is 27.0. The quantitative estimate of drug-likeness (QED) is 0.615. The first-order chi connectivity index (χ1) is 15.0. The molecule has 0 radical (unpaired) electrons. The standard InChI is InChI=1S/C23H25N5O2S/c1-15-10-11-19(13-16(15)2)25-23(30)28-12-6-7-17(14-28)21-26-27-22(31-21)20(29)24-18-8-4-3-5-9-18/h3-5,8-11,13,17H,6-7,12,14H2,1-2H3,(H,24,29)(H,25,30)/t17-/m0/s1. The molecule has 1 aliphatic rings. The number of aryl methyl sites for hydroxylation is 2. The maximum absolute atomic E-state index is 12.8. The largest absolute Gasteiger partial charge is 0.324 e. The molecule has 7 nitrogen and oxygen atoms in total. The summed E-state index contributed by atoms with van der Waals surface area (Å²) in [5.41, 5.74) is 3.85. The topological polar surface area (TPSA) is 87.2 Å². The van der Waals surface area contributed by atoms with Crippen molar-refractivity contribution in [1.29, 1.82) is 0 Å². The number of anilines is 2. The highest BCUT2D eigenvalue weighted by molar-refractivity contribution is 7.13. The van der Waals surface area contributed by atoms with Crippen LogP contribution in [0.2, 0.25) is 0 Å². The molecular weight excluding hydrogens is 410 g/mol. The molecule has 2 aromatic carbocycles. The zero-order valence-corrected chi connectivity index (χ0v) is 18.4. The van der Waals surface area contributed by atoms with Gasteiger partial charge in [-0.2, -0.15) is 0 Å². The maximum Gasteiger partial charge on any atom is 0.321 e. The van der Waals surface area contributed by atoms with Gasteiger partial charge in [-0.05, 0) is 62.1 Å². The van der Waals surface area contributed by atoms with Gasteiger partial charge in [0, 0.05) is 30.4 Å². The Morgan fingerprint density at radius 1 is 1.00 bits per heavy atom. The number of rotatable bonds is 4. The fourth-order valence-electron chi connectivity index (χ4n) is 3.58. The number of nitrogens with one attached hydrogen (secondary N) is 2. The number of carbonyl (C=O) groups is 2. The van der Waals surface area contributed by atoms with E-state index in [0.29, 0.717) is 18.1 Å². The van der Waals surface area contributed by atoms with Crippen LogP contribution in [0, 0.1) is 13.8 Å². The molecule has 2 N–H and O–H groups in total. The molecule has 0 spiro atoms. The zero-order chi connectivity index (χ0) is 21.8. The number of carbonyl (C=O) groups excluding carboxylic acids is 2. The highest BCUT2D eigenvalue weighted by atomic mass is 32.1. The number of aromatic nitrogens is 2. The van der Waals surface area contributed by atoms with E-state index in [1.54, 1.807) is 0 Å². The molecule has 160 valence electrons. The molecule has 1 aliphatic heterocycles. The summed E-state index contributed by atoms with van der Waals surface area (Å²) < 4.78 is 0. The summed E-state index contributed by atoms with van der Waals surface area (Å²) in [7, 11) is 0. The summed E-state index contributed by atoms with van der Waals surface area (Å²) in [6, 6.07) is 15.1. The average Bonchev–Trinajstić information content (AvgIpc) is 3.28. The Bertz CT molecular complexity index is 1080. The minimum Gasteiger partial charge on any atom is -0.324 e. The minimum atomic E-state index is -0.268. The van der Waals surface area contributed by atoms with Gasteiger partial charge in [0.05, 0.1) is 0 Å². The lowest BCUT2D eigenvalue weighted by molar-refractivity contribution is 0.102. The van der Waals surface area contributed by atoms with Gasteiger partial charge in [0.2, 0.25) is 5.01 Å². The molecular formula is C23H25N5O2S. The summed E-state index contributed by atoms with van der Waals surface area (Å²) >= 11 is 1.30. The number of piperidine rings is 1. The minimum absolute atomic E-state index is 0.0787. The fraction of sp³-hybridized carbons (Fsp3) is 0.304. The first-order valence-electron chi connectivity index (χ1n) is 10.3. The number of amides is 3. The lowest BCUT2D eigenvalue weighted by Gasteiger charge is -2.31. The van der Waals surface area contributed by atoms with Crippen molar-refractivity contribution >= 4 is 34.6 Å². The van der Waals surface area contributed by atoms with Crippen molar-refractivity contribution in [2.24, 2.45) is 0 Å². The van der Waals surface area contributed by atoms with E-state index in [0.717, 1.165) is 34.8 Å². The molecule has 2 heterocycles. The normalized spacial score (nSPS) is 16.1. The number of hydrogen-bond acceptors (Lipinski definition) is 5. The zero-order valence-electron chi connectivity index (χ0n) is 17.6. The van der Waals surface area contributed by atoms with Crippen molar-refractivity contribution in [1.82, 2.24) is 15.1 Å². The molecule has 0 bridgehead atoms. The fourth-order valence-corrected chi connectivity index (χ4v) is 4.45. The van der Waals surface area contributed by atoms with Gasteiger partial charge in [-0.1, -0.05) is 35.6 Å². The van der Waals surface area contributed by atoms with Crippen LogP contribution in [-0.2, 0) is 0 Å². The van der Waals surface area contributed by atoms with Gasteiger partial charge in [-0.15, -0.1) is 10.2 Å². The molecule has 0 saturated carbocycles. The maximum atomic E-state index is 12.8. The number of hydrogen-bond donors (Lipinski definition) is 2. The highest BCUT2D eigenvalue weighted by Gasteiger charge is 2.28. The average molecular weight is 436 g/mol. The van der Waals surface area contributed by atoms with Gasteiger partial charge >= 0.3 is 6.03 Å². The van der Waals surface area contributed by atoms with Crippen LogP contribution in [0.4, 0.5) is 16.2 Å². The van der Waals surface area contributed by atoms with Crippen LogP contribution in [0.25, 0.3) is 0 Å². The van der Waals surface area contributed by atoms with Gasteiger partial charge in [0.25, 0.3) is 5.91 Å². The van der Waals surface area contributed by atoms with Gasteiger partial charge in [-0.3, -0.25) is 4.79 Å². The third-order valence-corrected chi connectivity index (χ3v) is 6.57. The summed E-state index contributed by atoms with van der Waals surface area (Å²) in [6.45, 7) is 5.34. The lowest BCUT2D eigenvalue weighted by Crippen LogP contribution is -2.41. The van der Waals surface area contributed by atoms with Gasteiger partial charge < -0.3 is 15.5 Å². The molecule has 0 unspecified atom stereocenters. The molecule has 1 fully saturated rings. The van der Waals surface area contributed by atoms with Gasteiger partial charge in [-0.25, -0.2) is 4.79 Å². The summed E-state index contributed by atoms with van der Waals surface area (Å²) in [6.07, 6.45) is 1.80. The van der Waals surface area contributed by atoms with Crippen molar-refractivity contribution in [3.8, 4) is 0 Å². The van der Waals surface area contributed by atoms with Crippen LogP contribution in [0.1, 0.15) is 44.7 Å². The number of para-hydroxylation sites is 1. The first-order valence-corrected chi connectivity index (χ1v) is 11.1. The summed E-state index contributed by atoms with van der Waals surface area (Å²) in [5.74, 6) is -0.190. The smallest absolute Gasteiger partial charge is 0.321 e. The second-order valence-corrected chi connectivity index (χ2v) is 8.79. The molecule has 4 rings (SSSR count). The van der Waals surface area contributed by atoms with E-state index in [1.165, 1.54) is 16.9 Å². The van der Waals surface area contributed by atoms with E-state index < -0.39 is 0 Å². The molecule has 31 heavy (non-hydrogen) atoms. The van der Waals surface area contributed by atoms with Gasteiger partial charge in [0.15, 0.2) is 0 Å². The molecule has 1 saturated heterocycles. The third kappa shape index (κ3) is 5.08. The number of nitrogens with zero attached hydrogens (tertiary/aromatic N) is 3. The number of benzene rings is 2. The van der Waals surface area contributed by atoms with Crippen molar-refractivity contribution in [2.75, 3.05) is 23.7 Å². The molecule has 8 heteroatoms. The molecule has 0 aliphatic carbocycles.